The Bertz CT molecular complexity index is 169. The van der Waals surface area contributed by atoms with E-state index in [1.165, 1.54) is 0 Å². The lowest BCUT2D eigenvalue weighted by molar-refractivity contribution is -0.147. The second-order valence-electron chi connectivity index (χ2n) is 2.34. The number of amides is 1. The van der Waals surface area contributed by atoms with Crippen LogP contribution < -0.4 is 5.32 Å². The Morgan fingerprint density at radius 1 is 1.58 bits per heavy atom. The van der Waals surface area contributed by atoms with Gasteiger partial charge in [-0.3, -0.25) is 4.79 Å². The molecule has 0 bridgehead atoms. The molecule has 0 fully saturated rings. The molecule has 0 radical (unpaired) electrons. The van der Waals surface area contributed by atoms with Gasteiger partial charge in [-0.25, -0.2) is 4.79 Å². The molecule has 12 heavy (non-hydrogen) atoms. The molecule has 0 aliphatic rings. The highest BCUT2D eigenvalue weighted by Crippen LogP contribution is 1.95. The third-order valence-corrected chi connectivity index (χ3v) is 1.25. The van der Waals surface area contributed by atoms with E-state index in [1.807, 2.05) is 0 Å². The molecular weight excluding hydrogens is 162 g/mol. The predicted octanol–water partition coefficient (Wildman–Crippen LogP) is 0.453. The second-order valence-corrected chi connectivity index (χ2v) is 2.34. The largest absolute Gasteiger partial charge is 0.466 e. The van der Waals surface area contributed by atoms with Crippen molar-refractivity contribution < 1.29 is 19.4 Å². The quantitative estimate of drug-likeness (QED) is 0.608. The molecule has 0 aromatic heterocycles. The molecule has 0 rings (SSSR count). The minimum Gasteiger partial charge on any atom is -0.466 e. The van der Waals surface area contributed by atoms with Crippen molar-refractivity contribution in [2.45, 2.75) is 13.8 Å². The fraction of sp³-hybridized carbons (Fsp3) is 0.714. The van der Waals surface area contributed by atoms with Crippen LogP contribution in [0.3, 0.4) is 0 Å². The van der Waals surface area contributed by atoms with Crippen LogP contribution in [0.5, 0.6) is 0 Å². The Balaban J connectivity index is 3.63. The molecule has 0 spiro atoms. The summed E-state index contributed by atoms with van der Waals surface area (Å²) >= 11 is 0. The van der Waals surface area contributed by atoms with Crippen LogP contribution in [0, 0.1) is 5.92 Å². The lowest BCUT2D eigenvalue weighted by atomic mass is 10.2. The number of nitrogens with one attached hydrogen (secondary N) is 1. The van der Waals surface area contributed by atoms with E-state index in [1.54, 1.807) is 13.8 Å². The first kappa shape index (κ1) is 10.7. The van der Waals surface area contributed by atoms with Crippen LogP contribution in [0.4, 0.5) is 4.79 Å². The average molecular weight is 175 g/mol. The maximum Gasteiger partial charge on any atom is 0.404 e. The van der Waals surface area contributed by atoms with Gasteiger partial charge in [-0.05, 0) is 6.92 Å². The lowest BCUT2D eigenvalue weighted by Crippen LogP contribution is -2.31. The molecule has 0 aliphatic heterocycles. The number of carbonyl (C=O) groups excluding carboxylic acids is 1. The lowest BCUT2D eigenvalue weighted by Gasteiger charge is -2.09. The Morgan fingerprint density at radius 2 is 2.17 bits per heavy atom. The first-order valence-electron chi connectivity index (χ1n) is 3.71. The summed E-state index contributed by atoms with van der Waals surface area (Å²) in [4.78, 5) is 20.9. The first-order valence-corrected chi connectivity index (χ1v) is 3.71. The van der Waals surface area contributed by atoms with Gasteiger partial charge in [0.15, 0.2) is 0 Å². The Morgan fingerprint density at radius 3 is 2.58 bits per heavy atom. The number of carboxylic acid groups (broad SMARTS) is 1. The molecule has 0 heterocycles. The standard InChI is InChI=1S/C7H13NO4/c1-3-12-6(9)5(2)4-8-7(10)11/h5,8H,3-4H2,1-2H3,(H,10,11). The van der Waals surface area contributed by atoms with E-state index in [0.717, 1.165) is 0 Å². The van der Waals surface area contributed by atoms with E-state index in [-0.39, 0.29) is 12.5 Å². The smallest absolute Gasteiger partial charge is 0.404 e. The van der Waals surface area contributed by atoms with Gasteiger partial charge < -0.3 is 15.2 Å². The number of hydrogen-bond acceptors (Lipinski definition) is 3. The van der Waals surface area contributed by atoms with Crippen LogP contribution in [-0.4, -0.2) is 30.3 Å². The van der Waals surface area contributed by atoms with Gasteiger partial charge in [0, 0.05) is 6.54 Å². The van der Waals surface area contributed by atoms with Crippen LogP contribution in [0.1, 0.15) is 13.8 Å². The van der Waals surface area contributed by atoms with Crippen LogP contribution in [0.15, 0.2) is 0 Å². The third-order valence-electron chi connectivity index (χ3n) is 1.25. The van der Waals surface area contributed by atoms with Crippen molar-refractivity contribution in [2.75, 3.05) is 13.2 Å². The van der Waals surface area contributed by atoms with Crippen molar-refractivity contribution in [3.05, 3.63) is 0 Å². The summed E-state index contributed by atoms with van der Waals surface area (Å²) in [6.07, 6.45) is -1.13. The predicted molar refractivity (Wildman–Crippen MR) is 41.8 cm³/mol. The minimum atomic E-state index is -1.13. The Kier molecular flexibility index (Phi) is 4.83. The van der Waals surface area contributed by atoms with E-state index in [4.69, 9.17) is 5.11 Å². The topological polar surface area (TPSA) is 75.6 Å². The highest BCUT2D eigenvalue weighted by atomic mass is 16.5. The monoisotopic (exact) mass is 175 g/mol. The fourth-order valence-electron chi connectivity index (χ4n) is 0.608. The Hall–Kier alpha value is -1.26. The zero-order valence-electron chi connectivity index (χ0n) is 7.16. The maximum absolute atomic E-state index is 10.9. The zero-order chi connectivity index (χ0) is 9.56. The van der Waals surface area contributed by atoms with Gasteiger partial charge >= 0.3 is 12.1 Å². The van der Waals surface area contributed by atoms with Gasteiger partial charge in [0.25, 0.3) is 0 Å². The number of esters is 1. The summed E-state index contributed by atoms with van der Waals surface area (Å²) in [6.45, 7) is 3.72. The molecule has 0 saturated heterocycles. The molecule has 0 aliphatic carbocycles. The molecular formula is C7H13NO4. The van der Waals surface area contributed by atoms with Crippen molar-refractivity contribution >= 4 is 12.1 Å². The third kappa shape index (κ3) is 4.54. The average Bonchev–Trinajstić information content (AvgIpc) is 2.00. The van der Waals surface area contributed by atoms with Crippen molar-refractivity contribution in [3.63, 3.8) is 0 Å². The van der Waals surface area contributed by atoms with Crippen LogP contribution in [-0.2, 0) is 9.53 Å². The van der Waals surface area contributed by atoms with E-state index in [9.17, 15) is 9.59 Å². The van der Waals surface area contributed by atoms with E-state index < -0.39 is 12.0 Å². The number of rotatable bonds is 4. The minimum absolute atomic E-state index is 0.0914. The van der Waals surface area contributed by atoms with E-state index in [2.05, 4.69) is 10.1 Å². The summed E-state index contributed by atoms with van der Waals surface area (Å²) < 4.78 is 4.66. The van der Waals surface area contributed by atoms with Gasteiger partial charge in [-0.2, -0.15) is 0 Å². The van der Waals surface area contributed by atoms with Crippen LogP contribution >= 0.6 is 0 Å². The molecule has 0 aromatic rings. The summed E-state index contributed by atoms with van der Waals surface area (Å²) in [7, 11) is 0. The number of ether oxygens (including phenoxy) is 1. The SMILES string of the molecule is CCOC(=O)C(C)CNC(=O)O. The van der Waals surface area contributed by atoms with Crippen LogP contribution in [0.2, 0.25) is 0 Å². The summed E-state index contributed by atoms with van der Waals surface area (Å²) in [5.41, 5.74) is 0. The molecule has 5 nitrogen and oxygen atoms in total. The molecule has 1 atom stereocenters. The van der Waals surface area contributed by atoms with Gasteiger partial charge in [0.05, 0.1) is 12.5 Å². The van der Waals surface area contributed by atoms with Crippen LogP contribution in [0.25, 0.3) is 0 Å². The normalized spacial score (nSPS) is 11.8. The van der Waals surface area contributed by atoms with Crippen molar-refractivity contribution in [1.29, 1.82) is 0 Å². The second kappa shape index (κ2) is 5.40. The highest BCUT2D eigenvalue weighted by molar-refractivity contribution is 5.73. The van der Waals surface area contributed by atoms with Gasteiger partial charge in [0.2, 0.25) is 0 Å². The summed E-state index contributed by atoms with van der Waals surface area (Å²) in [5.74, 6) is -0.813. The van der Waals surface area contributed by atoms with Gasteiger partial charge in [-0.15, -0.1) is 0 Å². The molecule has 70 valence electrons. The first-order chi connectivity index (χ1) is 5.57. The maximum atomic E-state index is 10.9. The van der Waals surface area contributed by atoms with Crippen molar-refractivity contribution in [2.24, 2.45) is 5.92 Å². The van der Waals surface area contributed by atoms with Gasteiger partial charge in [0.1, 0.15) is 0 Å². The fourth-order valence-corrected chi connectivity index (χ4v) is 0.608. The molecule has 0 saturated carbocycles. The molecule has 1 unspecified atom stereocenters. The summed E-state index contributed by atoms with van der Waals surface area (Å²) in [5, 5.41) is 10.3. The molecule has 5 heteroatoms. The highest BCUT2D eigenvalue weighted by Gasteiger charge is 2.13. The van der Waals surface area contributed by atoms with Gasteiger partial charge in [-0.1, -0.05) is 6.92 Å². The number of hydrogen-bond donors (Lipinski definition) is 2. The Labute approximate surface area is 70.7 Å². The molecule has 2 N–H and O–H groups in total. The van der Waals surface area contributed by atoms with E-state index >= 15 is 0 Å². The zero-order valence-corrected chi connectivity index (χ0v) is 7.16. The molecule has 0 aromatic carbocycles. The summed E-state index contributed by atoms with van der Waals surface area (Å²) in [6, 6.07) is 0. The molecule has 1 amide bonds. The van der Waals surface area contributed by atoms with Crippen molar-refractivity contribution in [1.82, 2.24) is 5.32 Å². The van der Waals surface area contributed by atoms with Crippen molar-refractivity contribution in [3.8, 4) is 0 Å². The van der Waals surface area contributed by atoms with E-state index in [0.29, 0.717) is 6.61 Å². The number of carbonyl (C=O) groups is 2.